The van der Waals surface area contributed by atoms with E-state index in [9.17, 15) is 9.59 Å². The van der Waals surface area contributed by atoms with E-state index in [2.05, 4.69) is 26.1 Å². The van der Waals surface area contributed by atoms with Gasteiger partial charge in [0.05, 0.1) is 6.67 Å². The molecule has 0 spiro atoms. The Bertz CT molecular complexity index is 538. The first-order valence-corrected chi connectivity index (χ1v) is 8.57. The van der Waals surface area contributed by atoms with Gasteiger partial charge < -0.3 is 5.32 Å². The summed E-state index contributed by atoms with van der Waals surface area (Å²) in [6.07, 6.45) is 2.28. The van der Waals surface area contributed by atoms with E-state index in [1.807, 2.05) is 31.2 Å². The Morgan fingerprint density at radius 3 is 2.43 bits per heavy atom. The zero-order valence-electron chi connectivity index (χ0n) is 14.5. The lowest BCUT2D eigenvalue weighted by Gasteiger charge is -2.30. The summed E-state index contributed by atoms with van der Waals surface area (Å²) in [4.78, 5) is 25.7. The summed E-state index contributed by atoms with van der Waals surface area (Å²) in [7, 11) is 0. The number of nitrogens with zero attached hydrogens (tertiary/aromatic N) is 1. The van der Waals surface area contributed by atoms with Gasteiger partial charge in [-0.25, -0.2) is 0 Å². The SMILES string of the molecule is CCCCC(=O)NCN(C(=O)CCl)c1ccccc1C(C)(C)C. The van der Waals surface area contributed by atoms with Crippen molar-refractivity contribution in [3.8, 4) is 0 Å². The molecule has 1 N–H and O–H groups in total. The fourth-order valence-electron chi connectivity index (χ4n) is 2.32. The van der Waals surface area contributed by atoms with E-state index >= 15 is 0 Å². The number of anilines is 1. The Hall–Kier alpha value is -1.55. The van der Waals surface area contributed by atoms with Crippen molar-refractivity contribution in [2.24, 2.45) is 0 Å². The highest BCUT2D eigenvalue weighted by Crippen LogP contribution is 2.31. The van der Waals surface area contributed by atoms with Gasteiger partial charge in [0, 0.05) is 12.1 Å². The van der Waals surface area contributed by atoms with Gasteiger partial charge in [-0.15, -0.1) is 11.6 Å². The third kappa shape index (κ3) is 5.87. The lowest BCUT2D eigenvalue weighted by molar-refractivity contribution is -0.121. The number of halogens is 1. The van der Waals surface area contributed by atoms with Crippen LogP contribution in [0.4, 0.5) is 5.69 Å². The number of carbonyl (C=O) groups excluding carboxylic acids is 2. The van der Waals surface area contributed by atoms with Gasteiger partial charge in [0.15, 0.2) is 0 Å². The lowest BCUT2D eigenvalue weighted by atomic mass is 9.85. The minimum atomic E-state index is -0.223. The van der Waals surface area contributed by atoms with Crippen LogP contribution in [-0.2, 0) is 15.0 Å². The van der Waals surface area contributed by atoms with Crippen LogP contribution in [0.3, 0.4) is 0 Å². The van der Waals surface area contributed by atoms with Crippen LogP contribution < -0.4 is 10.2 Å². The van der Waals surface area contributed by atoms with Crippen molar-refractivity contribution in [3.63, 3.8) is 0 Å². The highest BCUT2D eigenvalue weighted by Gasteiger charge is 2.24. The molecule has 0 atom stereocenters. The van der Waals surface area contributed by atoms with Gasteiger partial charge in [-0.1, -0.05) is 52.3 Å². The second-order valence-corrected chi connectivity index (χ2v) is 6.85. The van der Waals surface area contributed by atoms with Crippen molar-refractivity contribution >= 4 is 29.1 Å². The zero-order valence-corrected chi connectivity index (χ0v) is 15.2. The quantitative estimate of drug-likeness (QED) is 0.607. The molecule has 0 aliphatic rings. The maximum atomic E-state index is 12.3. The second-order valence-electron chi connectivity index (χ2n) is 6.58. The number of hydrogen-bond acceptors (Lipinski definition) is 2. The number of carbonyl (C=O) groups is 2. The molecule has 128 valence electrons. The number of rotatable bonds is 7. The molecule has 5 heteroatoms. The maximum absolute atomic E-state index is 12.3. The van der Waals surface area contributed by atoms with E-state index < -0.39 is 0 Å². The molecule has 1 aromatic carbocycles. The minimum Gasteiger partial charge on any atom is -0.338 e. The van der Waals surface area contributed by atoms with Crippen LogP contribution in [0, 0.1) is 0 Å². The van der Waals surface area contributed by atoms with E-state index in [1.165, 1.54) is 0 Å². The normalized spacial score (nSPS) is 11.2. The van der Waals surface area contributed by atoms with Gasteiger partial charge >= 0.3 is 0 Å². The fraction of sp³-hybridized carbons (Fsp3) is 0.556. The van der Waals surface area contributed by atoms with E-state index in [0.29, 0.717) is 6.42 Å². The van der Waals surface area contributed by atoms with Crippen molar-refractivity contribution in [1.82, 2.24) is 5.32 Å². The van der Waals surface area contributed by atoms with E-state index in [4.69, 9.17) is 11.6 Å². The fourth-order valence-corrected chi connectivity index (χ4v) is 2.46. The minimum absolute atomic E-state index is 0.0486. The third-order valence-electron chi connectivity index (χ3n) is 3.61. The topological polar surface area (TPSA) is 49.4 Å². The van der Waals surface area contributed by atoms with Gasteiger partial charge in [-0.3, -0.25) is 14.5 Å². The predicted octanol–water partition coefficient (Wildman–Crippen LogP) is 3.82. The number of nitrogens with one attached hydrogen (secondary N) is 1. The number of hydrogen-bond donors (Lipinski definition) is 1. The molecule has 23 heavy (non-hydrogen) atoms. The molecular formula is C18H27ClN2O2. The summed E-state index contributed by atoms with van der Waals surface area (Å²) >= 11 is 5.76. The lowest BCUT2D eigenvalue weighted by Crippen LogP contribution is -2.43. The summed E-state index contributed by atoms with van der Waals surface area (Å²) < 4.78 is 0. The molecule has 0 bridgehead atoms. The van der Waals surface area contributed by atoms with Crippen molar-refractivity contribution in [1.29, 1.82) is 0 Å². The predicted molar refractivity (Wildman–Crippen MR) is 95.9 cm³/mol. The smallest absolute Gasteiger partial charge is 0.243 e. The molecule has 0 aliphatic heterocycles. The molecule has 1 aromatic rings. The molecular weight excluding hydrogens is 312 g/mol. The maximum Gasteiger partial charge on any atom is 0.243 e. The van der Waals surface area contributed by atoms with Crippen LogP contribution >= 0.6 is 11.6 Å². The average molecular weight is 339 g/mol. The van der Waals surface area contributed by atoms with Crippen LogP contribution in [-0.4, -0.2) is 24.4 Å². The van der Waals surface area contributed by atoms with Crippen LogP contribution in [0.25, 0.3) is 0 Å². The van der Waals surface area contributed by atoms with Crippen LogP contribution in [0.2, 0.25) is 0 Å². The molecule has 0 radical (unpaired) electrons. The highest BCUT2D eigenvalue weighted by atomic mass is 35.5. The monoisotopic (exact) mass is 338 g/mol. The van der Waals surface area contributed by atoms with E-state index in [1.54, 1.807) is 4.90 Å². The molecule has 0 fully saturated rings. The Morgan fingerprint density at radius 2 is 1.87 bits per heavy atom. The number of benzene rings is 1. The Morgan fingerprint density at radius 1 is 1.22 bits per heavy atom. The first-order chi connectivity index (χ1) is 10.8. The Balaban J connectivity index is 3.00. The van der Waals surface area contributed by atoms with E-state index in [0.717, 1.165) is 24.1 Å². The first kappa shape index (κ1) is 19.5. The van der Waals surface area contributed by atoms with Crippen LogP contribution in [0.15, 0.2) is 24.3 Å². The zero-order chi connectivity index (χ0) is 17.5. The molecule has 0 saturated carbocycles. The standard InChI is InChI=1S/C18H27ClN2O2/c1-5-6-11-16(22)20-13-21(17(23)12-19)15-10-8-7-9-14(15)18(2,3)4/h7-10H,5-6,11-13H2,1-4H3,(H,20,22). The average Bonchev–Trinajstić information content (AvgIpc) is 2.52. The van der Waals surface area contributed by atoms with Crippen molar-refractivity contribution in [3.05, 3.63) is 29.8 Å². The summed E-state index contributed by atoms with van der Waals surface area (Å²) in [6, 6.07) is 7.73. The third-order valence-corrected chi connectivity index (χ3v) is 3.84. The molecule has 1 rings (SSSR count). The van der Waals surface area contributed by atoms with E-state index in [-0.39, 0.29) is 29.8 Å². The summed E-state index contributed by atoms with van der Waals surface area (Å²) in [6.45, 7) is 8.45. The molecule has 4 nitrogen and oxygen atoms in total. The number of unbranched alkanes of at least 4 members (excludes halogenated alkanes) is 1. The van der Waals surface area contributed by atoms with Gasteiger partial charge in [0.25, 0.3) is 0 Å². The largest absolute Gasteiger partial charge is 0.338 e. The molecule has 0 heterocycles. The molecule has 0 unspecified atom stereocenters. The molecule has 0 saturated heterocycles. The van der Waals surface area contributed by atoms with Gasteiger partial charge in [0.1, 0.15) is 5.88 Å². The van der Waals surface area contributed by atoms with Crippen molar-refractivity contribution in [2.45, 2.75) is 52.4 Å². The van der Waals surface area contributed by atoms with Crippen LogP contribution in [0.1, 0.15) is 52.5 Å². The van der Waals surface area contributed by atoms with Gasteiger partial charge in [0.2, 0.25) is 11.8 Å². The molecule has 0 aromatic heterocycles. The molecule has 0 aliphatic carbocycles. The van der Waals surface area contributed by atoms with Gasteiger partial charge in [-0.2, -0.15) is 0 Å². The van der Waals surface area contributed by atoms with Gasteiger partial charge in [-0.05, 0) is 23.5 Å². The first-order valence-electron chi connectivity index (χ1n) is 8.03. The second kappa shape index (κ2) is 8.92. The number of alkyl halides is 1. The van der Waals surface area contributed by atoms with Crippen LogP contribution in [0.5, 0.6) is 0 Å². The van der Waals surface area contributed by atoms with Crippen molar-refractivity contribution in [2.75, 3.05) is 17.4 Å². The summed E-state index contributed by atoms with van der Waals surface area (Å²) in [5.41, 5.74) is 1.72. The Kier molecular flexibility index (Phi) is 7.56. The van der Waals surface area contributed by atoms with Crippen molar-refractivity contribution < 1.29 is 9.59 Å². The summed E-state index contributed by atoms with van der Waals surface area (Å²) in [5, 5.41) is 2.82. The Labute approximate surface area is 144 Å². The highest BCUT2D eigenvalue weighted by molar-refractivity contribution is 6.29. The number of amides is 2. The number of para-hydroxylation sites is 1. The summed E-state index contributed by atoms with van der Waals surface area (Å²) in [5.74, 6) is -0.393. The molecule has 2 amide bonds.